The van der Waals surface area contributed by atoms with Gasteiger partial charge in [-0.2, -0.15) is 0 Å². The fourth-order valence-electron chi connectivity index (χ4n) is 5.06. The SMILES string of the molecule is CCC1(OC(=O)COC(=O)c2ccc(C)c(-[s+]3c4ccccc4c4ccccc43)c2)CCCC1. The first-order valence-corrected chi connectivity index (χ1v) is 13.2. The monoisotopic (exact) mass is 473 g/mol. The molecule has 0 unspecified atom stereocenters. The summed E-state index contributed by atoms with van der Waals surface area (Å²) in [6, 6.07) is 22.6. The Labute approximate surface area is 202 Å². The van der Waals surface area contributed by atoms with Crippen LogP contribution in [0.2, 0.25) is 0 Å². The zero-order valence-corrected chi connectivity index (χ0v) is 20.5. The third kappa shape index (κ3) is 4.09. The summed E-state index contributed by atoms with van der Waals surface area (Å²) in [7, 11) is -0.301. The molecule has 0 amide bonds. The molecule has 34 heavy (non-hydrogen) atoms. The van der Waals surface area contributed by atoms with Gasteiger partial charge >= 0.3 is 11.9 Å². The minimum Gasteiger partial charge on any atom is -0.457 e. The van der Waals surface area contributed by atoms with E-state index >= 15 is 0 Å². The van der Waals surface area contributed by atoms with Crippen molar-refractivity contribution in [3.8, 4) is 4.90 Å². The van der Waals surface area contributed by atoms with Crippen molar-refractivity contribution >= 4 is 42.6 Å². The Morgan fingerprint density at radius 3 is 2.15 bits per heavy atom. The highest BCUT2D eigenvalue weighted by molar-refractivity contribution is 7.50. The second-order valence-electron chi connectivity index (χ2n) is 9.07. The van der Waals surface area contributed by atoms with E-state index in [0.29, 0.717) is 5.56 Å². The summed E-state index contributed by atoms with van der Waals surface area (Å²) in [5.74, 6) is -0.968. The number of benzene rings is 3. The smallest absolute Gasteiger partial charge is 0.344 e. The highest BCUT2D eigenvalue weighted by Gasteiger charge is 2.36. The van der Waals surface area contributed by atoms with E-state index in [2.05, 4.69) is 55.5 Å². The predicted molar refractivity (Wildman–Crippen MR) is 138 cm³/mol. The molecule has 1 aromatic heterocycles. The van der Waals surface area contributed by atoms with Crippen molar-refractivity contribution in [1.82, 2.24) is 0 Å². The Kier molecular flexibility index (Phi) is 6.13. The lowest BCUT2D eigenvalue weighted by molar-refractivity contribution is -0.163. The van der Waals surface area contributed by atoms with Crippen LogP contribution in [-0.2, 0) is 14.3 Å². The van der Waals surface area contributed by atoms with Crippen LogP contribution in [0.1, 0.15) is 54.9 Å². The van der Waals surface area contributed by atoms with Gasteiger partial charge in [-0.3, -0.25) is 0 Å². The first-order chi connectivity index (χ1) is 16.5. The highest BCUT2D eigenvalue weighted by atomic mass is 32.2. The maximum absolute atomic E-state index is 12.9. The first kappa shape index (κ1) is 22.6. The molecule has 1 heterocycles. The van der Waals surface area contributed by atoms with Crippen LogP contribution in [0.5, 0.6) is 0 Å². The number of rotatable bonds is 6. The van der Waals surface area contributed by atoms with E-state index in [9.17, 15) is 9.59 Å². The molecule has 0 aliphatic heterocycles. The topological polar surface area (TPSA) is 52.6 Å². The van der Waals surface area contributed by atoms with E-state index in [4.69, 9.17) is 9.47 Å². The molecule has 1 fully saturated rings. The number of carbonyl (C=O) groups is 2. The molecule has 0 bridgehead atoms. The van der Waals surface area contributed by atoms with Gasteiger partial charge in [0.25, 0.3) is 0 Å². The van der Waals surface area contributed by atoms with Crippen molar-refractivity contribution in [2.45, 2.75) is 51.6 Å². The molecule has 1 aliphatic rings. The van der Waals surface area contributed by atoms with Crippen LogP contribution < -0.4 is 0 Å². The molecule has 0 atom stereocenters. The van der Waals surface area contributed by atoms with Crippen molar-refractivity contribution in [2.24, 2.45) is 0 Å². The van der Waals surface area contributed by atoms with Gasteiger partial charge in [-0.25, -0.2) is 9.59 Å². The predicted octanol–water partition coefficient (Wildman–Crippen LogP) is 7.46. The quantitative estimate of drug-likeness (QED) is 0.215. The molecule has 0 spiro atoms. The Bertz CT molecular complexity index is 1320. The second kappa shape index (κ2) is 9.22. The van der Waals surface area contributed by atoms with E-state index < -0.39 is 11.9 Å². The number of ether oxygens (including phenoxy) is 2. The second-order valence-corrected chi connectivity index (χ2v) is 11.0. The Hall–Kier alpha value is -3.18. The average molecular weight is 474 g/mol. The van der Waals surface area contributed by atoms with Gasteiger partial charge in [0.05, 0.1) is 5.56 Å². The van der Waals surface area contributed by atoms with Crippen LogP contribution in [0.25, 0.3) is 25.1 Å². The lowest BCUT2D eigenvalue weighted by Crippen LogP contribution is -2.33. The summed E-state index contributed by atoms with van der Waals surface area (Å²) < 4.78 is 13.6. The molecule has 5 heteroatoms. The molecule has 3 aromatic carbocycles. The number of fused-ring (bicyclic) bond motifs is 3. The van der Waals surface area contributed by atoms with Crippen LogP contribution in [-0.4, -0.2) is 24.1 Å². The third-order valence-corrected chi connectivity index (χ3v) is 9.43. The zero-order chi connectivity index (χ0) is 23.7. The van der Waals surface area contributed by atoms with Crippen molar-refractivity contribution in [2.75, 3.05) is 6.61 Å². The van der Waals surface area contributed by atoms with Gasteiger partial charge in [-0.1, -0.05) is 37.3 Å². The van der Waals surface area contributed by atoms with Crippen LogP contribution >= 0.6 is 10.5 Å². The van der Waals surface area contributed by atoms with Gasteiger partial charge in [-0.05, 0) is 69.4 Å². The minimum atomic E-state index is -0.500. The fraction of sp³-hybridized carbons (Fsp3) is 0.310. The first-order valence-electron chi connectivity index (χ1n) is 11.9. The van der Waals surface area contributed by atoms with Crippen molar-refractivity contribution in [1.29, 1.82) is 0 Å². The van der Waals surface area contributed by atoms with E-state index in [1.54, 1.807) is 6.07 Å². The number of aryl methyl sites for hydroxylation is 1. The number of esters is 2. The van der Waals surface area contributed by atoms with E-state index in [0.717, 1.165) is 42.6 Å². The van der Waals surface area contributed by atoms with Gasteiger partial charge in [0.15, 0.2) is 20.9 Å². The summed E-state index contributed by atoms with van der Waals surface area (Å²) in [6.45, 7) is 3.75. The Balaban J connectivity index is 1.41. The average Bonchev–Trinajstić information content (AvgIpc) is 3.46. The number of carbonyl (C=O) groups excluding carboxylic acids is 2. The largest absolute Gasteiger partial charge is 0.457 e. The molecule has 4 nitrogen and oxygen atoms in total. The molecule has 1 saturated carbocycles. The third-order valence-electron chi connectivity index (χ3n) is 6.96. The molecule has 0 N–H and O–H groups in total. The fourth-order valence-corrected chi connectivity index (χ4v) is 7.63. The summed E-state index contributed by atoms with van der Waals surface area (Å²) in [4.78, 5) is 26.4. The van der Waals surface area contributed by atoms with Crippen molar-refractivity contribution < 1.29 is 19.1 Å². The highest BCUT2D eigenvalue weighted by Crippen LogP contribution is 2.49. The van der Waals surface area contributed by atoms with Crippen LogP contribution in [0.3, 0.4) is 0 Å². The van der Waals surface area contributed by atoms with E-state index in [1.807, 2.05) is 19.1 Å². The number of hydrogen-bond acceptors (Lipinski definition) is 4. The van der Waals surface area contributed by atoms with E-state index in [1.165, 1.54) is 20.2 Å². The molecular weight excluding hydrogens is 444 g/mol. The maximum atomic E-state index is 12.9. The molecule has 4 aromatic rings. The molecule has 174 valence electrons. The zero-order valence-electron chi connectivity index (χ0n) is 19.6. The summed E-state index contributed by atoms with van der Waals surface area (Å²) >= 11 is 0. The summed E-state index contributed by atoms with van der Waals surface area (Å²) in [5, 5.41) is 2.49. The molecule has 0 saturated heterocycles. The van der Waals surface area contributed by atoms with Gasteiger partial charge in [0, 0.05) is 32.9 Å². The van der Waals surface area contributed by atoms with Gasteiger partial charge < -0.3 is 9.47 Å². The summed E-state index contributed by atoms with van der Waals surface area (Å²) in [6.07, 6.45) is 4.70. The normalized spacial score (nSPS) is 15.0. The molecule has 1 aliphatic carbocycles. The van der Waals surface area contributed by atoms with Gasteiger partial charge in [0.2, 0.25) is 0 Å². The van der Waals surface area contributed by atoms with Gasteiger partial charge in [-0.15, -0.1) is 0 Å². The molecular formula is C29H29O4S+. The van der Waals surface area contributed by atoms with Crippen molar-refractivity contribution in [3.05, 3.63) is 77.9 Å². The number of thiophene rings is 1. The van der Waals surface area contributed by atoms with Crippen LogP contribution in [0, 0.1) is 6.92 Å². The van der Waals surface area contributed by atoms with Gasteiger partial charge in [0.1, 0.15) is 5.60 Å². The van der Waals surface area contributed by atoms with Crippen molar-refractivity contribution in [3.63, 3.8) is 0 Å². The summed E-state index contributed by atoms with van der Waals surface area (Å²) in [5.41, 5.74) is 1.19. The van der Waals surface area contributed by atoms with Crippen LogP contribution in [0.15, 0.2) is 66.7 Å². The van der Waals surface area contributed by atoms with E-state index in [-0.39, 0.29) is 22.7 Å². The minimum absolute atomic E-state index is 0.301. The molecule has 0 radical (unpaired) electrons. The van der Waals surface area contributed by atoms with Crippen LogP contribution in [0.4, 0.5) is 0 Å². The lowest BCUT2D eigenvalue weighted by atomic mass is 9.99. The maximum Gasteiger partial charge on any atom is 0.344 e. The number of hydrogen-bond donors (Lipinski definition) is 0. The standard InChI is InChI=1S/C29H29O4S/c1-3-29(16-8-9-17-29)33-27(30)19-32-28(31)21-15-14-20(2)26(18-21)34-24-12-6-4-10-22(24)23-11-5-7-13-25(23)34/h4-7,10-15,18H,3,8-9,16-17,19H2,1-2H3/q+1. The molecule has 5 rings (SSSR count). The Morgan fingerprint density at radius 2 is 1.53 bits per heavy atom. The Morgan fingerprint density at radius 1 is 0.912 bits per heavy atom. The lowest BCUT2D eigenvalue weighted by Gasteiger charge is -2.27.